The van der Waals surface area contributed by atoms with Gasteiger partial charge in [0, 0.05) is 5.56 Å². The molecule has 2 aliphatic rings. The quantitative estimate of drug-likeness (QED) is 0.556. The van der Waals surface area contributed by atoms with Crippen LogP contribution in [0.5, 0.6) is 5.75 Å². The number of anilines is 1. The van der Waals surface area contributed by atoms with Crippen LogP contribution in [0.1, 0.15) is 28.9 Å². The number of amides is 3. The number of rotatable bonds is 5. The van der Waals surface area contributed by atoms with E-state index in [0.29, 0.717) is 17.0 Å². The second kappa shape index (κ2) is 8.64. The van der Waals surface area contributed by atoms with Crippen LogP contribution >= 0.6 is 0 Å². The molecule has 8 heteroatoms. The molecule has 3 amide bonds. The van der Waals surface area contributed by atoms with Gasteiger partial charge in [0.15, 0.2) is 5.54 Å². The van der Waals surface area contributed by atoms with Crippen LogP contribution < -0.4 is 9.64 Å². The van der Waals surface area contributed by atoms with Crippen molar-refractivity contribution in [3.05, 3.63) is 96.1 Å². The van der Waals surface area contributed by atoms with E-state index < -0.39 is 47.1 Å². The van der Waals surface area contributed by atoms with Gasteiger partial charge in [-0.2, -0.15) is 0 Å². The van der Waals surface area contributed by atoms with Gasteiger partial charge in [-0.15, -0.1) is 0 Å². The monoisotopic (exact) mass is 484 g/mol. The van der Waals surface area contributed by atoms with Gasteiger partial charge in [0.2, 0.25) is 11.8 Å². The molecule has 182 valence electrons. The minimum atomic E-state index is -1.97. The minimum absolute atomic E-state index is 0.267. The van der Waals surface area contributed by atoms with Crippen LogP contribution in [-0.4, -0.2) is 46.3 Å². The molecule has 0 radical (unpaired) electrons. The van der Waals surface area contributed by atoms with Gasteiger partial charge in [-0.1, -0.05) is 48.5 Å². The molecule has 3 aromatic rings. The summed E-state index contributed by atoms with van der Waals surface area (Å²) in [5, 5.41) is 10.5. The molecule has 0 aliphatic carbocycles. The van der Waals surface area contributed by atoms with Crippen LogP contribution in [0.25, 0.3) is 0 Å². The number of methoxy groups -OCH3 is 1. The van der Waals surface area contributed by atoms with E-state index in [0.717, 1.165) is 4.90 Å². The lowest BCUT2D eigenvalue weighted by atomic mass is 9.80. The lowest BCUT2D eigenvalue weighted by Gasteiger charge is -2.38. The molecule has 3 aromatic carbocycles. The number of likely N-dealkylation sites (tertiary alicyclic amines) is 1. The van der Waals surface area contributed by atoms with Crippen molar-refractivity contribution < 1.29 is 29.0 Å². The molecule has 4 atom stereocenters. The Morgan fingerprint density at radius 1 is 0.861 bits per heavy atom. The molecule has 0 saturated carbocycles. The zero-order valence-electron chi connectivity index (χ0n) is 19.7. The highest BCUT2D eigenvalue weighted by Gasteiger charge is 2.71. The molecule has 5 rings (SSSR count). The maximum atomic E-state index is 13.9. The first-order chi connectivity index (χ1) is 17.3. The Bertz CT molecular complexity index is 1340. The van der Waals surface area contributed by atoms with E-state index in [4.69, 9.17) is 4.74 Å². The Kier molecular flexibility index (Phi) is 5.59. The van der Waals surface area contributed by atoms with Crippen molar-refractivity contribution in [2.24, 2.45) is 11.8 Å². The van der Waals surface area contributed by atoms with Crippen LogP contribution in [0.2, 0.25) is 0 Å². The highest BCUT2D eigenvalue weighted by molar-refractivity contribution is 6.24. The molecular formula is C28H24N2O6. The third-order valence-corrected chi connectivity index (χ3v) is 7.22. The Hall–Kier alpha value is -4.46. The smallest absolute Gasteiger partial charge is 0.330 e. The molecule has 8 nitrogen and oxygen atoms in total. The highest BCUT2D eigenvalue weighted by atomic mass is 16.5. The number of hydrogen-bond acceptors (Lipinski definition) is 5. The molecule has 0 aromatic heterocycles. The van der Waals surface area contributed by atoms with Crippen molar-refractivity contribution in [1.29, 1.82) is 0 Å². The van der Waals surface area contributed by atoms with Crippen molar-refractivity contribution >= 4 is 29.4 Å². The number of ether oxygens (including phenoxy) is 1. The summed E-state index contributed by atoms with van der Waals surface area (Å²) in [6, 6.07) is 22.5. The summed E-state index contributed by atoms with van der Waals surface area (Å²) < 4.78 is 5.25. The Labute approximate surface area is 207 Å². The van der Waals surface area contributed by atoms with Crippen LogP contribution in [-0.2, 0) is 14.4 Å². The van der Waals surface area contributed by atoms with E-state index in [-0.39, 0.29) is 5.56 Å². The number of para-hydroxylation sites is 1. The molecule has 2 saturated heterocycles. The first-order valence-corrected chi connectivity index (χ1v) is 11.5. The minimum Gasteiger partial charge on any atom is -0.497 e. The Balaban J connectivity index is 1.72. The van der Waals surface area contributed by atoms with E-state index >= 15 is 0 Å². The molecule has 0 unspecified atom stereocenters. The molecular weight excluding hydrogens is 460 g/mol. The highest BCUT2D eigenvalue weighted by Crippen LogP contribution is 2.56. The van der Waals surface area contributed by atoms with Crippen molar-refractivity contribution in [2.45, 2.75) is 18.5 Å². The molecule has 2 aliphatic heterocycles. The second-order valence-electron chi connectivity index (χ2n) is 9.06. The predicted octanol–water partition coefficient (Wildman–Crippen LogP) is 3.54. The molecule has 1 N–H and O–H groups in total. The van der Waals surface area contributed by atoms with Crippen LogP contribution in [0, 0.1) is 11.8 Å². The number of carbonyl (C=O) groups is 4. The van der Waals surface area contributed by atoms with Gasteiger partial charge in [0.1, 0.15) is 5.75 Å². The number of carboxylic acids is 1. The average Bonchev–Trinajstić information content (AvgIpc) is 3.34. The van der Waals surface area contributed by atoms with Gasteiger partial charge in [-0.25, -0.2) is 9.69 Å². The van der Waals surface area contributed by atoms with E-state index in [9.17, 15) is 24.3 Å². The van der Waals surface area contributed by atoms with Crippen molar-refractivity contribution in [3.63, 3.8) is 0 Å². The summed E-state index contributed by atoms with van der Waals surface area (Å²) >= 11 is 0. The summed E-state index contributed by atoms with van der Waals surface area (Å²) in [6.45, 7) is 1.36. The van der Waals surface area contributed by atoms with Gasteiger partial charge < -0.3 is 14.7 Å². The maximum Gasteiger partial charge on any atom is 0.330 e. The van der Waals surface area contributed by atoms with Gasteiger partial charge in [0.05, 0.1) is 30.7 Å². The zero-order chi connectivity index (χ0) is 25.6. The summed E-state index contributed by atoms with van der Waals surface area (Å²) in [5.74, 6) is -4.88. The SMILES string of the molecule is COc1ccc([C@H]2[C@H]3C(=O)N(c4ccccc4)C(=O)[C@H]3[C@@](C)(C(=O)O)N2C(=O)c2ccccc2)cc1. The van der Waals surface area contributed by atoms with E-state index in [1.807, 2.05) is 0 Å². The fourth-order valence-electron chi connectivity index (χ4n) is 5.48. The summed E-state index contributed by atoms with van der Waals surface area (Å²) in [4.78, 5) is 56.7. The standard InChI is InChI=1S/C28H24N2O6/c1-28(27(34)35)22-21(25(32)29(26(22)33)19-11-7-4-8-12-19)23(17-13-15-20(36-2)16-14-17)30(28)24(31)18-9-5-3-6-10-18/h3-16,21-23H,1-2H3,(H,34,35)/t21-,22-,23-,28-/m0/s1. The normalized spacial score (nSPS) is 25.1. The first kappa shape index (κ1) is 23.3. The van der Waals surface area contributed by atoms with Gasteiger partial charge in [-0.05, 0) is 48.9 Å². The topological polar surface area (TPSA) is 104 Å². The summed E-state index contributed by atoms with van der Waals surface area (Å²) in [7, 11) is 1.52. The van der Waals surface area contributed by atoms with E-state index in [2.05, 4.69) is 0 Å². The number of nitrogens with zero attached hydrogens (tertiary/aromatic N) is 2. The largest absolute Gasteiger partial charge is 0.497 e. The fraction of sp³-hybridized carbons (Fsp3) is 0.214. The second-order valence-corrected chi connectivity index (χ2v) is 9.06. The number of benzene rings is 3. The number of carboxylic acid groups (broad SMARTS) is 1. The molecule has 0 spiro atoms. The number of aliphatic carboxylic acids is 1. The Morgan fingerprint density at radius 3 is 2.00 bits per heavy atom. The summed E-state index contributed by atoms with van der Waals surface area (Å²) in [6.07, 6.45) is 0. The molecule has 36 heavy (non-hydrogen) atoms. The molecule has 0 bridgehead atoms. The van der Waals surface area contributed by atoms with E-state index in [1.165, 1.54) is 18.9 Å². The lowest BCUT2D eigenvalue weighted by Crippen LogP contribution is -2.57. The van der Waals surface area contributed by atoms with Crippen molar-refractivity contribution in [2.75, 3.05) is 12.0 Å². The maximum absolute atomic E-state index is 13.9. The summed E-state index contributed by atoms with van der Waals surface area (Å²) in [5.41, 5.74) is -0.804. The molecule has 2 heterocycles. The van der Waals surface area contributed by atoms with Gasteiger partial charge >= 0.3 is 5.97 Å². The molecule has 2 fully saturated rings. The van der Waals surface area contributed by atoms with Gasteiger partial charge in [-0.3, -0.25) is 14.4 Å². The van der Waals surface area contributed by atoms with Crippen LogP contribution in [0.15, 0.2) is 84.9 Å². The zero-order valence-corrected chi connectivity index (χ0v) is 19.7. The van der Waals surface area contributed by atoms with Crippen LogP contribution in [0.3, 0.4) is 0 Å². The Morgan fingerprint density at radius 2 is 1.44 bits per heavy atom. The van der Waals surface area contributed by atoms with Gasteiger partial charge in [0.25, 0.3) is 5.91 Å². The number of fused-ring (bicyclic) bond motifs is 1. The third kappa shape index (κ3) is 3.29. The lowest BCUT2D eigenvalue weighted by molar-refractivity contribution is -0.152. The van der Waals surface area contributed by atoms with Crippen molar-refractivity contribution in [1.82, 2.24) is 4.90 Å². The first-order valence-electron chi connectivity index (χ1n) is 11.5. The van der Waals surface area contributed by atoms with Crippen molar-refractivity contribution in [3.8, 4) is 5.75 Å². The third-order valence-electron chi connectivity index (χ3n) is 7.22. The number of carbonyl (C=O) groups excluding carboxylic acids is 3. The predicted molar refractivity (Wildman–Crippen MR) is 130 cm³/mol. The number of hydrogen-bond donors (Lipinski definition) is 1. The fourth-order valence-corrected chi connectivity index (χ4v) is 5.48. The van der Waals surface area contributed by atoms with E-state index in [1.54, 1.807) is 84.9 Å². The number of imide groups is 1. The van der Waals surface area contributed by atoms with Crippen LogP contribution in [0.4, 0.5) is 5.69 Å². The average molecular weight is 485 g/mol.